The average molecular weight is 382 g/mol. The molecule has 0 aliphatic carbocycles. The first kappa shape index (κ1) is 15.6. The molecule has 0 atom stereocenters. The molecule has 0 aromatic heterocycles. The van der Waals surface area contributed by atoms with E-state index >= 15 is 0 Å². The van der Waals surface area contributed by atoms with Gasteiger partial charge in [-0.2, -0.15) is 0 Å². The van der Waals surface area contributed by atoms with Crippen LogP contribution in [0.15, 0.2) is 0 Å². The van der Waals surface area contributed by atoms with Crippen molar-refractivity contribution in [3.05, 3.63) is 0 Å². The number of hydrogen-bond acceptors (Lipinski definition) is 1. The van der Waals surface area contributed by atoms with Gasteiger partial charge in [-0.1, -0.05) is 0 Å². The van der Waals surface area contributed by atoms with Crippen LogP contribution < -0.4 is 0 Å². The van der Waals surface area contributed by atoms with Crippen LogP contribution in [0.2, 0.25) is 0 Å². The van der Waals surface area contributed by atoms with E-state index in [1.165, 1.54) is 0 Å². The molecule has 1 nitrogen and oxygen atoms in total. The third-order valence-electron chi connectivity index (χ3n) is 0. The fourth-order valence-corrected chi connectivity index (χ4v) is 0. The molecule has 0 fully saturated rings. The van der Waals surface area contributed by atoms with Gasteiger partial charge in [-0.25, -0.2) is 0 Å². The van der Waals surface area contributed by atoms with Gasteiger partial charge in [0.25, 0.3) is 0 Å². The van der Waals surface area contributed by atoms with E-state index in [2.05, 4.69) is 0 Å². The van der Waals surface area contributed by atoms with Crippen LogP contribution in [0.5, 0.6) is 0 Å². The summed E-state index contributed by atoms with van der Waals surface area (Å²) < 4.78 is 8.34. The summed E-state index contributed by atoms with van der Waals surface area (Å²) in [7, 11) is 0. The number of rotatable bonds is 0. The van der Waals surface area contributed by atoms with Crippen LogP contribution in [0.1, 0.15) is 0 Å². The van der Waals surface area contributed by atoms with E-state index in [1.54, 1.807) is 0 Å². The van der Waals surface area contributed by atoms with Crippen LogP contribution in [0.3, 0.4) is 0 Å². The molecule has 0 aromatic rings. The molecular weight excluding hydrogens is 382 g/mol. The fourth-order valence-electron chi connectivity index (χ4n) is 0. The summed E-state index contributed by atoms with van der Waals surface area (Å²) >= 11 is 0.300. The molecular formula is CsInOSn. The van der Waals surface area contributed by atoms with Crippen LogP contribution in [0.4, 0.5) is 0 Å². The first-order valence-electron chi connectivity index (χ1n) is 0.204. The summed E-state index contributed by atoms with van der Waals surface area (Å²) in [4.78, 5) is 0. The van der Waals surface area contributed by atoms with Crippen molar-refractivity contribution in [3.8, 4) is 0 Å². The molecule has 0 aliphatic rings. The molecule has 0 bridgehead atoms. The van der Waals surface area contributed by atoms with E-state index in [-0.39, 0.29) is 94.7 Å². The summed E-state index contributed by atoms with van der Waals surface area (Å²) in [5.74, 6) is 0. The van der Waals surface area contributed by atoms with Crippen molar-refractivity contribution in [3.63, 3.8) is 0 Å². The SMILES string of the molecule is [Cs].[In].[O]=[Sn]. The van der Waals surface area contributed by atoms with Gasteiger partial charge in [0, 0.05) is 94.7 Å². The topological polar surface area (TPSA) is 17.1 Å². The van der Waals surface area contributed by atoms with Gasteiger partial charge in [-0.15, -0.1) is 0 Å². The maximum atomic E-state index is 8.34. The Balaban J connectivity index is -0.00000000500. The van der Waals surface area contributed by atoms with Crippen molar-refractivity contribution in [2.75, 3.05) is 0 Å². The molecule has 0 N–H and O–H groups in total. The Labute approximate surface area is 116 Å². The molecule has 0 heterocycles. The quantitative estimate of drug-likeness (QED) is 0.478. The summed E-state index contributed by atoms with van der Waals surface area (Å²) in [6.07, 6.45) is 0. The van der Waals surface area contributed by atoms with Crippen molar-refractivity contribution in [1.29, 1.82) is 0 Å². The summed E-state index contributed by atoms with van der Waals surface area (Å²) in [5, 5.41) is 0. The molecule has 6 radical (unpaired) electrons. The van der Waals surface area contributed by atoms with Gasteiger partial charge in [0.15, 0.2) is 0 Å². The molecule has 0 aromatic carbocycles. The summed E-state index contributed by atoms with van der Waals surface area (Å²) in [6, 6.07) is 0. The van der Waals surface area contributed by atoms with Gasteiger partial charge < -0.3 is 0 Å². The average Bonchev–Trinajstić information content (AvgIpc) is 1.00. The Hall–Kier alpha value is 3.52. The summed E-state index contributed by atoms with van der Waals surface area (Å²) in [5.41, 5.74) is 0. The predicted molar refractivity (Wildman–Crippen MR) is 17.9 cm³/mol. The molecule has 0 saturated carbocycles. The molecule has 0 rings (SSSR count). The van der Waals surface area contributed by atoms with Gasteiger partial charge in [0.05, 0.1) is 0 Å². The molecule has 0 amide bonds. The van der Waals surface area contributed by atoms with Crippen LogP contribution in [-0.2, 0) is 3.08 Å². The van der Waals surface area contributed by atoms with Crippen molar-refractivity contribution in [1.82, 2.24) is 0 Å². The van der Waals surface area contributed by atoms with Crippen molar-refractivity contribution in [2.24, 2.45) is 0 Å². The first-order chi connectivity index (χ1) is 1.00. The molecule has 0 saturated heterocycles. The van der Waals surface area contributed by atoms with Crippen LogP contribution in [-0.4, -0.2) is 117 Å². The number of hydrogen-bond donors (Lipinski definition) is 0. The third kappa shape index (κ3) is 9.10. The van der Waals surface area contributed by atoms with E-state index in [9.17, 15) is 0 Å². The molecule has 4 heteroatoms. The van der Waals surface area contributed by atoms with Gasteiger partial charge in [0.2, 0.25) is 0 Å². The van der Waals surface area contributed by atoms with Crippen LogP contribution in [0, 0.1) is 0 Å². The van der Waals surface area contributed by atoms with E-state index in [4.69, 9.17) is 3.08 Å². The van der Waals surface area contributed by atoms with Crippen molar-refractivity contribution < 1.29 is 3.08 Å². The molecule has 0 spiro atoms. The van der Waals surface area contributed by atoms with Crippen molar-refractivity contribution >= 4 is 117 Å². The molecule has 4 heavy (non-hydrogen) atoms. The standard InChI is InChI=1S/Cs.In.O.Sn. The van der Waals surface area contributed by atoms with Gasteiger partial charge in [0.1, 0.15) is 0 Å². The van der Waals surface area contributed by atoms with Gasteiger partial charge in [-0.3, -0.25) is 0 Å². The zero-order chi connectivity index (χ0) is 2.00. The summed E-state index contributed by atoms with van der Waals surface area (Å²) in [6.45, 7) is 0. The normalized spacial score (nSPS) is 1.00. The molecule has 14 valence electrons. The van der Waals surface area contributed by atoms with E-state index in [1.807, 2.05) is 0 Å². The van der Waals surface area contributed by atoms with E-state index in [0.717, 1.165) is 0 Å². The Kier molecular flexibility index (Phi) is 62.7. The van der Waals surface area contributed by atoms with Crippen LogP contribution >= 0.6 is 0 Å². The Bertz CT molecular complexity index is 8.00. The monoisotopic (exact) mass is 384 g/mol. The van der Waals surface area contributed by atoms with Gasteiger partial charge in [-0.05, 0) is 0 Å². The Morgan fingerprint density at radius 3 is 1.25 bits per heavy atom. The van der Waals surface area contributed by atoms with Crippen LogP contribution in [0.25, 0.3) is 0 Å². The third-order valence-corrected chi connectivity index (χ3v) is 0. The predicted octanol–water partition coefficient (Wildman–Crippen LogP) is -1.26. The minimum absolute atomic E-state index is 0. The zero-order valence-electron chi connectivity index (χ0n) is 2.49. The second-order valence-corrected chi connectivity index (χ2v) is 0. The van der Waals surface area contributed by atoms with Gasteiger partial charge >= 0.3 is 25.6 Å². The molecule has 0 unspecified atom stereocenters. The Morgan fingerprint density at radius 2 is 1.25 bits per heavy atom. The zero-order valence-corrected chi connectivity index (χ0v) is 14.9. The van der Waals surface area contributed by atoms with E-state index < -0.39 is 0 Å². The minimum atomic E-state index is 0. The fraction of sp³-hybridized carbons (Fsp3) is 0. The maximum absolute atomic E-state index is 8.34. The second-order valence-electron chi connectivity index (χ2n) is 0. The molecule has 0 aliphatic heterocycles. The Morgan fingerprint density at radius 1 is 1.25 bits per heavy atom. The first-order valence-corrected chi connectivity index (χ1v) is 1.37. The van der Waals surface area contributed by atoms with Crippen molar-refractivity contribution in [2.45, 2.75) is 0 Å². The van der Waals surface area contributed by atoms with E-state index in [0.29, 0.717) is 22.5 Å². The second kappa shape index (κ2) is 16.0.